The summed E-state index contributed by atoms with van der Waals surface area (Å²) in [6, 6.07) is 0. The average Bonchev–Trinajstić information content (AvgIpc) is 2.43. The molecule has 0 amide bonds. The van der Waals surface area contributed by atoms with Crippen molar-refractivity contribution in [2.75, 3.05) is 13.2 Å². The lowest BCUT2D eigenvalue weighted by Crippen LogP contribution is -2.38. The van der Waals surface area contributed by atoms with Crippen LogP contribution in [-0.2, 0) is 42.7 Å². The van der Waals surface area contributed by atoms with Gasteiger partial charge < -0.3 is 29.0 Å². The second-order valence-corrected chi connectivity index (χ2v) is 12.9. The van der Waals surface area contributed by atoms with Crippen molar-refractivity contribution in [3.8, 4) is 0 Å². The number of esters is 2. The van der Waals surface area contributed by atoms with Gasteiger partial charge in [-0.15, -0.1) is 11.6 Å². The third-order valence-corrected chi connectivity index (χ3v) is 9.88. The number of carbonyl (C=O) groups is 2. The molecule has 0 heterocycles. The van der Waals surface area contributed by atoms with Gasteiger partial charge in [-0.2, -0.15) is 0 Å². The molecule has 0 aromatic carbocycles. The Balaban J connectivity index is 5.56. The smallest absolute Gasteiger partial charge is 0.305 e. The zero-order valence-corrected chi connectivity index (χ0v) is 18.0. The second-order valence-electron chi connectivity index (χ2n) is 5.12. The van der Waals surface area contributed by atoms with E-state index >= 15 is 0 Å². The SMILES string of the molecule is CCOC(=O)CCC(C(Cl)(CCC(=O)OCC)P(O)(O)=S)P(O)(O)=S. The Hall–Kier alpha value is 0.370. The van der Waals surface area contributed by atoms with Gasteiger partial charge in [-0.25, -0.2) is 0 Å². The third kappa shape index (κ3) is 8.28. The fraction of sp³-hybridized carbons (Fsp3) is 0.833. The molecule has 8 nitrogen and oxygen atoms in total. The van der Waals surface area contributed by atoms with E-state index in [1.807, 2.05) is 0 Å². The maximum atomic E-state index is 11.6. The van der Waals surface area contributed by atoms with E-state index < -0.39 is 41.6 Å². The third-order valence-electron chi connectivity index (χ3n) is 3.31. The highest BCUT2D eigenvalue weighted by molar-refractivity contribution is 8.12. The number of alkyl halides is 1. The van der Waals surface area contributed by atoms with Gasteiger partial charge in [0, 0.05) is 12.8 Å². The standard InChI is InChI=1S/C12H23ClO8P2S2/c1-3-20-10(14)6-5-9(22(16,17)24)12(13,23(18,19)25)8-7-11(15)21-4-2/h9H,3-8H2,1-2H3,(H2,16,17,24)(H2,18,19,25). The van der Waals surface area contributed by atoms with Gasteiger partial charge in [0.1, 0.15) is 4.62 Å². The van der Waals surface area contributed by atoms with Crippen molar-refractivity contribution in [3.63, 3.8) is 0 Å². The summed E-state index contributed by atoms with van der Waals surface area (Å²) >= 11 is 15.7. The molecule has 4 N–H and O–H groups in total. The summed E-state index contributed by atoms with van der Waals surface area (Å²) in [5.74, 6) is -1.30. The molecule has 2 unspecified atom stereocenters. The van der Waals surface area contributed by atoms with Crippen molar-refractivity contribution in [2.24, 2.45) is 0 Å². The van der Waals surface area contributed by atoms with Gasteiger partial charge in [0.2, 0.25) is 6.49 Å². The Morgan fingerprint density at radius 3 is 1.84 bits per heavy atom. The molecule has 2 atom stereocenters. The van der Waals surface area contributed by atoms with Crippen LogP contribution in [0, 0.1) is 0 Å². The molecule has 0 saturated carbocycles. The predicted octanol–water partition coefficient (Wildman–Crippen LogP) is 1.56. The van der Waals surface area contributed by atoms with E-state index in [4.69, 9.17) is 21.1 Å². The summed E-state index contributed by atoms with van der Waals surface area (Å²) in [6.07, 6.45) is -1.29. The molecule has 0 aliphatic heterocycles. The van der Waals surface area contributed by atoms with Crippen LogP contribution in [0.3, 0.4) is 0 Å². The van der Waals surface area contributed by atoms with Crippen LogP contribution in [0.25, 0.3) is 0 Å². The summed E-state index contributed by atoms with van der Waals surface area (Å²) < 4.78 is 7.35. The first-order chi connectivity index (χ1) is 11.3. The van der Waals surface area contributed by atoms with Crippen LogP contribution in [0.2, 0.25) is 0 Å². The molecule has 0 spiro atoms. The van der Waals surface area contributed by atoms with E-state index in [1.54, 1.807) is 13.8 Å². The lowest BCUT2D eigenvalue weighted by Gasteiger charge is -2.39. The van der Waals surface area contributed by atoms with Crippen LogP contribution in [0.4, 0.5) is 0 Å². The Kier molecular flexibility index (Phi) is 10.8. The first-order valence-corrected chi connectivity index (χ1v) is 13.3. The maximum Gasteiger partial charge on any atom is 0.305 e. The number of carbonyl (C=O) groups excluding carboxylic acids is 2. The summed E-state index contributed by atoms with van der Waals surface area (Å²) in [5, 5.41) is 0. The number of rotatable bonds is 11. The van der Waals surface area contributed by atoms with Crippen molar-refractivity contribution in [2.45, 2.75) is 49.8 Å². The molecular weight excluding hydrogens is 434 g/mol. The van der Waals surface area contributed by atoms with E-state index in [1.165, 1.54) is 0 Å². The average molecular weight is 457 g/mol. The zero-order valence-electron chi connectivity index (χ0n) is 13.8. The molecule has 0 bridgehead atoms. The van der Waals surface area contributed by atoms with Crippen LogP contribution in [0.1, 0.15) is 39.5 Å². The van der Waals surface area contributed by atoms with Crippen LogP contribution < -0.4 is 0 Å². The molecule has 0 aromatic rings. The molecule has 0 fully saturated rings. The summed E-state index contributed by atoms with van der Waals surface area (Å²) in [4.78, 5) is 63.1. The Bertz CT molecular complexity index is 563. The van der Waals surface area contributed by atoms with Crippen molar-refractivity contribution >= 4 is 60.1 Å². The fourth-order valence-corrected chi connectivity index (χ4v) is 7.91. The van der Waals surface area contributed by atoms with Crippen molar-refractivity contribution in [3.05, 3.63) is 0 Å². The number of hydrogen-bond donors (Lipinski definition) is 4. The van der Waals surface area contributed by atoms with E-state index in [0.717, 1.165) is 0 Å². The maximum absolute atomic E-state index is 11.6. The minimum absolute atomic E-state index is 0.116. The molecule has 0 saturated heterocycles. The van der Waals surface area contributed by atoms with Gasteiger partial charge in [0.05, 0.1) is 18.9 Å². The van der Waals surface area contributed by atoms with Crippen molar-refractivity contribution in [1.29, 1.82) is 0 Å². The topological polar surface area (TPSA) is 134 Å². The minimum Gasteiger partial charge on any atom is -0.466 e. The highest BCUT2D eigenvalue weighted by Crippen LogP contribution is 2.66. The molecule has 0 radical (unpaired) electrons. The van der Waals surface area contributed by atoms with E-state index in [2.05, 4.69) is 23.6 Å². The molecule has 0 aliphatic carbocycles. The highest BCUT2D eigenvalue weighted by atomic mass is 35.5. The van der Waals surface area contributed by atoms with Gasteiger partial charge in [-0.3, -0.25) is 9.59 Å². The van der Waals surface area contributed by atoms with Crippen LogP contribution in [0.5, 0.6) is 0 Å². The summed E-state index contributed by atoms with van der Waals surface area (Å²) in [7, 11) is 0. The van der Waals surface area contributed by atoms with Gasteiger partial charge in [0.25, 0.3) is 0 Å². The first-order valence-electron chi connectivity index (χ1n) is 7.40. The normalized spacial score (nSPS) is 16.0. The molecule has 148 valence electrons. The predicted molar refractivity (Wildman–Crippen MR) is 102 cm³/mol. The van der Waals surface area contributed by atoms with Crippen LogP contribution in [0.15, 0.2) is 0 Å². The van der Waals surface area contributed by atoms with E-state index in [0.29, 0.717) is 0 Å². The molecule has 0 rings (SSSR count). The Morgan fingerprint density at radius 1 is 1.04 bits per heavy atom. The van der Waals surface area contributed by atoms with Gasteiger partial charge >= 0.3 is 11.9 Å². The number of ether oxygens (including phenoxy) is 2. The molecule has 25 heavy (non-hydrogen) atoms. The van der Waals surface area contributed by atoms with Crippen molar-refractivity contribution < 1.29 is 38.6 Å². The lowest BCUT2D eigenvalue weighted by atomic mass is 10.1. The monoisotopic (exact) mass is 456 g/mol. The zero-order chi connectivity index (χ0) is 19.9. The van der Waals surface area contributed by atoms with Crippen molar-refractivity contribution in [1.82, 2.24) is 0 Å². The summed E-state index contributed by atoms with van der Waals surface area (Å²) in [5.41, 5.74) is -1.48. The fourth-order valence-electron chi connectivity index (χ4n) is 2.15. The largest absolute Gasteiger partial charge is 0.466 e. The Morgan fingerprint density at radius 2 is 1.48 bits per heavy atom. The van der Waals surface area contributed by atoms with Gasteiger partial charge in [-0.05, 0) is 50.3 Å². The highest BCUT2D eigenvalue weighted by Gasteiger charge is 2.53. The quantitative estimate of drug-likeness (QED) is 0.206. The molecule has 0 aliphatic rings. The molecule has 13 heteroatoms. The summed E-state index contributed by atoms with van der Waals surface area (Å²) in [6.45, 7) is -5.03. The number of hydrogen-bond acceptors (Lipinski definition) is 6. The second kappa shape index (κ2) is 10.6. The van der Waals surface area contributed by atoms with Gasteiger partial charge in [0.15, 0.2) is 6.49 Å². The lowest BCUT2D eigenvalue weighted by molar-refractivity contribution is -0.144. The van der Waals surface area contributed by atoms with Gasteiger partial charge in [-0.1, -0.05) is 0 Å². The molecule has 0 aromatic heterocycles. The molecular formula is C12H23ClO8P2S2. The minimum atomic E-state index is -4.31. The van der Waals surface area contributed by atoms with E-state index in [9.17, 15) is 29.2 Å². The van der Waals surface area contributed by atoms with E-state index in [-0.39, 0.29) is 32.5 Å². The Labute approximate surface area is 161 Å². The van der Waals surface area contributed by atoms with Crippen LogP contribution in [-0.4, -0.2) is 55.0 Å². The number of halogens is 1. The van der Waals surface area contributed by atoms with Crippen LogP contribution >= 0.6 is 24.6 Å². The first kappa shape index (κ1) is 25.4.